The second-order valence-corrected chi connectivity index (χ2v) is 9.70. The first kappa shape index (κ1) is 24.5. The third kappa shape index (κ3) is 5.04. The lowest BCUT2D eigenvalue weighted by Crippen LogP contribution is -2.64. The lowest BCUT2D eigenvalue weighted by Gasteiger charge is -2.51. The predicted octanol–water partition coefficient (Wildman–Crippen LogP) is 2.19. The molecule has 1 N–H and O–H groups in total. The average molecular weight is 481 g/mol. The molecule has 190 valence electrons. The molecule has 4 saturated heterocycles. The van der Waals surface area contributed by atoms with E-state index in [1.807, 2.05) is 58.0 Å². The van der Waals surface area contributed by atoms with Crippen LogP contribution in [0, 0.1) is 11.8 Å². The minimum Gasteiger partial charge on any atom is -0.390 e. The number of hydrogen-bond donors (Lipinski definition) is 1. The maximum atomic E-state index is 11.0. The Balaban J connectivity index is 1.31. The number of aliphatic hydroxyl groups excluding tert-OH is 1. The van der Waals surface area contributed by atoms with Gasteiger partial charge in [-0.05, 0) is 19.4 Å². The Morgan fingerprint density at radius 3 is 2.12 bits per heavy atom. The van der Waals surface area contributed by atoms with Crippen LogP contribution in [0.4, 0.5) is 0 Å². The standard InChI is InChI=1S/C25H36O9/c1-13-20(26)22-18(11-27-15(3)30-22)33-25(13)34-21-14(2)24(29-10-17-8-6-5-7-9-17)32-19-12-28-16(4)31-23(19)21/h5-9,13-16,18-26H,10-12H2,1-4H3/t13?,14?,15?,16?,18?,19?,20-,21-,22+,23+,24-,25+/m1/s1. The van der Waals surface area contributed by atoms with Crippen LogP contribution in [0.1, 0.15) is 33.3 Å². The summed E-state index contributed by atoms with van der Waals surface area (Å²) in [5.41, 5.74) is 1.06. The Morgan fingerprint density at radius 2 is 1.41 bits per heavy atom. The highest BCUT2D eigenvalue weighted by molar-refractivity contribution is 5.13. The third-order valence-electron chi connectivity index (χ3n) is 7.16. The summed E-state index contributed by atoms with van der Waals surface area (Å²) in [5, 5.41) is 11.0. The van der Waals surface area contributed by atoms with Crippen LogP contribution in [-0.2, 0) is 44.5 Å². The third-order valence-corrected chi connectivity index (χ3v) is 7.16. The maximum Gasteiger partial charge on any atom is 0.163 e. The van der Waals surface area contributed by atoms with Crippen LogP contribution < -0.4 is 0 Å². The van der Waals surface area contributed by atoms with Gasteiger partial charge in [0.05, 0.1) is 32.0 Å². The van der Waals surface area contributed by atoms with Gasteiger partial charge in [0.25, 0.3) is 0 Å². The number of hydrogen-bond acceptors (Lipinski definition) is 9. The molecule has 0 aromatic heterocycles. The van der Waals surface area contributed by atoms with Gasteiger partial charge in [-0.15, -0.1) is 0 Å². The van der Waals surface area contributed by atoms with Gasteiger partial charge < -0.3 is 43.0 Å². The smallest absolute Gasteiger partial charge is 0.163 e. The van der Waals surface area contributed by atoms with E-state index in [1.165, 1.54) is 0 Å². The number of fused-ring (bicyclic) bond motifs is 2. The molecule has 12 atom stereocenters. The molecule has 6 unspecified atom stereocenters. The highest BCUT2D eigenvalue weighted by atomic mass is 16.8. The van der Waals surface area contributed by atoms with Gasteiger partial charge >= 0.3 is 0 Å². The highest BCUT2D eigenvalue weighted by Gasteiger charge is 2.53. The number of rotatable bonds is 5. The summed E-state index contributed by atoms with van der Waals surface area (Å²) in [7, 11) is 0. The molecule has 1 aromatic carbocycles. The number of aliphatic hydroxyl groups is 1. The number of benzene rings is 1. The predicted molar refractivity (Wildman–Crippen MR) is 118 cm³/mol. The summed E-state index contributed by atoms with van der Waals surface area (Å²) in [4.78, 5) is 0. The van der Waals surface area contributed by atoms with Gasteiger partial charge in [0, 0.05) is 11.8 Å². The fourth-order valence-electron chi connectivity index (χ4n) is 5.13. The maximum absolute atomic E-state index is 11.0. The Kier molecular flexibility index (Phi) is 7.55. The van der Waals surface area contributed by atoms with Crippen LogP contribution in [-0.4, -0.2) is 80.1 Å². The lowest BCUT2D eigenvalue weighted by molar-refractivity contribution is -0.390. The van der Waals surface area contributed by atoms with Gasteiger partial charge in [0.1, 0.15) is 24.4 Å². The molecule has 0 amide bonds. The van der Waals surface area contributed by atoms with Gasteiger partial charge in [0.15, 0.2) is 25.2 Å². The van der Waals surface area contributed by atoms with Gasteiger partial charge in [-0.3, -0.25) is 0 Å². The van der Waals surface area contributed by atoms with Crippen molar-refractivity contribution in [1.29, 1.82) is 0 Å². The van der Waals surface area contributed by atoms with Crippen molar-refractivity contribution in [2.75, 3.05) is 13.2 Å². The van der Waals surface area contributed by atoms with E-state index in [1.54, 1.807) is 0 Å². The van der Waals surface area contributed by atoms with E-state index in [-0.39, 0.29) is 42.7 Å². The molecule has 4 fully saturated rings. The molecule has 34 heavy (non-hydrogen) atoms. The Morgan fingerprint density at radius 1 is 0.794 bits per heavy atom. The second-order valence-electron chi connectivity index (χ2n) is 9.70. The first-order chi connectivity index (χ1) is 16.4. The zero-order chi connectivity index (χ0) is 23.8. The number of ether oxygens (including phenoxy) is 8. The first-order valence-electron chi connectivity index (χ1n) is 12.2. The van der Waals surface area contributed by atoms with Crippen molar-refractivity contribution in [3.63, 3.8) is 0 Å². The molecule has 5 rings (SSSR count). The van der Waals surface area contributed by atoms with Gasteiger partial charge in [0.2, 0.25) is 0 Å². The topological polar surface area (TPSA) is 94.1 Å². The van der Waals surface area contributed by atoms with Gasteiger partial charge in [-0.1, -0.05) is 44.2 Å². The molecule has 4 aliphatic rings. The van der Waals surface area contributed by atoms with Crippen molar-refractivity contribution in [2.24, 2.45) is 11.8 Å². The lowest BCUT2D eigenvalue weighted by atomic mass is 9.89. The van der Waals surface area contributed by atoms with Gasteiger partial charge in [-0.2, -0.15) is 0 Å². The summed E-state index contributed by atoms with van der Waals surface area (Å²) >= 11 is 0. The normalized spacial score (nSPS) is 47.0. The molecule has 4 aliphatic heterocycles. The molecule has 9 heteroatoms. The van der Waals surface area contributed by atoms with Crippen LogP contribution >= 0.6 is 0 Å². The van der Waals surface area contributed by atoms with Crippen LogP contribution in [0.2, 0.25) is 0 Å². The molecular formula is C25H36O9. The van der Waals surface area contributed by atoms with Crippen molar-refractivity contribution in [3.8, 4) is 0 Å². The summed E-state index contributed by atoms with van der Waals surface area (Å²) in [6, 6.07) is 9.97. The van der Waals surface area contributed by atoms with E-state index in [2.05, 4.69) is 0 Å². The minimum absolute atomic E-state index is 0.153. The van der Waals surface area contributed by atoms with Crippen molar-refractivity contribution < 1.29 is 43.0 Å². The molecule has 0 saturated carbocycles. The zero-order valence-electron chi connectivity index (χ0n) is 20.1. The molecular weight excluding hydrogens is 444 g/mol. The fraction of sp³-hybridized carbons (Fsp3) is 0.760. The summed E-state index contributed by atoms with van der Waals surface area (Å²) in [6.45, 7) is 8.77. The monoisotopic (exact) mass is 480 g/mol. The molecule has 1 aromatic rings. The van der Waals surface area contributed by atoms with E-state index in [9.17, 15) is 5.11 Å². The van der Waals surface area contributed by atoms with E-state index >= 15 is 0 Å². The van der Waals surface area contributed by atoms with Crippen LogP contribution in [0.15, 0.2) is 30.3 Å². The summed E-state index contributed by atoms with van der Waals surface area (Å²) < 4.78 is 48.4. The molecule has 0 spiro atoms. The Bertz CT molecular complexity index is 792. The van der Waals surface area contributed by atoms with Crippen LogP contribution in [0.3, 0.4) is 0 Å². The van der Waals surface area contributed by atoms with Crippen LogP contribution in [0.25, 0.3) is 0 Å². The van der Waals surface area contributed by atoms with Gasteiger partial charge in [-0.25, -0.2) is 0 Å². The molecule has 4 heterocycles. The second kappa shape index (κ2) is 10.5. The van der Waals surface area contributed by atoms with E-state index in [0.29, 0.717) is 19.8 Å². The fourth-order valence-corrected chi connectivity index (χ4v) is 5.13. The van der Waals surface area contributed by atoms with Crippen molar-refractivity contribution in [1.82, 2.24) is 0 Å². The SMILES string of the molecule is CC1OCC2O[C@@H](O[C@@H]3C(C)[C@H](OCc4ccccc4)OC4COC(C)O[C@@H]43)C(C)[C@@H](O)[C@H]2O1. The minimum atomic E-state index is -0.735. The summed E-state index contributed by atoms with van der Waals surface area (Å²) in [6.07, 6.45) is -4.56. The van der Waals surface area contributed by atoms with E-state index < -0.39 is 30.9 Å². The van der Waals surface area contributed by atoms with E-state index in [0.717, 1.165) is 5.56 Å². The molecule has 9 nitrogen and oxygen atoms in total. The van der Waals surface area contributed by atoms with E-state index in [4.69, 9.17) is 37.9 Å². The highest BCUT2D eigenvalue weighted by Crippen LogP contribution is 2.38. The first-order valence-corrected chi connectivity index (χ1v) is 12.2. The largest absolute Gasteiger partial charge is 0.390 e. The van der Waals surface area contributed by atoms with Crippen molar-refractivity contribution in [3.05, 3.63) is 35.9 Å². The average Bonchev–Trinajstić information content (AvgIpc) is 2.84. The quantitative estimate of drug-likeness (QED) is 0.681. The molecule has 0 aliphatic carbocycles. The Labute approximate surface area is 200 Å². The summed E-state index contributed by atoms with van der Waals surface area (Å²) in [5.74, 6) is -0.458. The molecule has 0 bridgehead atoms. The van der Waals surface area contributed by atoms with Crippen molar-refractivity contribution in [2.45, 2.75) is 96.1 Å². The Hall–Kier alpha value is -1.14. The van der Waals surface area contributed by atoms with Crippen molar-refractivity contribution >= 4 is 0 Å². The zero-order valence-corrected chi connectivity index (χ0v) is 20.1. The van der Waals surface area contributed by atoms with Crippen LogP contribution in [0.5, 0.6) is 0 Å². The molecule has 0 radical (unpaired) electrons.